The number of fused-ring (bicyclic) bond motifs is 1. The lowest BCUT2D eigenvalue weighted by Crippen LogP contribution is -2.36. The van der Waals surface area contributed by atoms with E-state index in [0.717, 1.165) is 28.8 Å². The van der Waals surface area contributed by atoms with Gasteiger partial charge in [0.15, 0.2) is 11.5 Å². The van der Waals surface area contributed by atoms with Gasteiger partial charge < -0.3 is 9.42 Å². The van der Waals surface area contributed by atoms with E-state index in [9.17, 15) is 4.79 Å². The lowest BCUT2D eigenvalue weighted by atomic mass is 10.0. The quantitative estimate of drug-likeness (QED) is 0.521. The van der Waals surface area contributed by atoms with Crippen LogP contribution in [0.25, 0.3) is 11.6 Å². The Morgan fingerprint density at radius 1 is 1.24 bits per heavy atom. The second-order valence-corrected chi connectivity index (χ2v) is 7.84. The Morgan fingerprint density at radius 3 is 2.90 bits per heavy atom. The van der Waals surface area contributed by atoms with Crippen LogP contribution in [-0.2, 0) is 26.4 Å². The molecule has 0 N–H and O–H groups in total. The van der Waals surface area contributed by atoms with Gasteiger partial charge in [0.1, 0.15) is 0 Å². The predicted molar refractivity (Wildman–Crippen MR) is 109 cm³/mol. The van der Waals surface area contributed by atoms with Crippen LogP contribution in [-0.4, -0.2) is 37.3 Å². The highest BCUT2D eigenvalue weighted by Gasteiger charge is 2.30. The lowest BCUT2D eigenvalue weighted by Gasteiger charge is -2.27. The van der Waals surface area contributed by atoms with Gasteiger partial charge in [0, 0.05) is 43.1 Å². The van der Waals surface area contributed by atoms with Gasteiger partial charge in [0.25, 0.3) is 11.8 Å². The molecule has 1 amide bonds. The van der Waals surface area contributed by atoms with Crippen molar-refractivity contribution in [3.8, 4) is 11.6 Å². The third-order valence-corrected chi connectivity index (χ3v) is 5.86. The molecule has 1 aliphatic heterocycles. The van der Waals surface area contributed by atoms with Gasteiger partial charge in [-0.2, -0.15) is 21.4 Å². The Kier molecular flexibility index (Phi) is 4.48. The minimum absolute atomic E-state index is 0.0435. The lowest BCUT2D eigenvalue weighted by molar-refractivity contribution is 0.0734. The van der Waals surface area contributed by atoms with Crippen molar-refractivity contribution in [2.45, 2.75) is 19.4 Å². The average molecular weight is 405 g/mol. The monoisotopic (exact) mass is 405 g/mol. The summed E-state index contributed by atoms with van der Waals surface area (Å²) in [6, 6.07) is 11.9. The Hall–Kier alpha value is -3.26. The molecule has 0 aliphatic carbocycles. The van der Waals surface area contributed by atoms with E-state index >= 15 is 0 Å². The number of hydrogen-bond acceptors (Lipinski definition) is 6. The molecule has 1 aromatic carbocycles. The zero-order valence-electron chi connectivity index (χ0n) is 15.9. The summed E-state index contributed by atoms with van der Waals surface area (Å²) in [5.74, 6) is 1.06. The average Bonchev–Trinajstić information content (AvgIpc) is 3.49. The van der Waals surface area contributed by atoms with Crippen LogP contribution in [0.2, 0.25) is 0 Å². The molecule has 0 fully saturated rings. The van der Waals surface area contributed by atoms with Crippen LogP contribution in [0.4, 0.5) is 0 Å². The molecule has 0 atom stereocenters. The Morgan fingerprint density at radius 2 is 2.10 bits per heavy atom. The summed E-state index contributed by atoms with van der Waals surface area (Å²) < 4.78 is 7.39. The number of aryl methyl sites for hydroxylation is 1. The van der Waals surface area contributed by atoms with E-state index in [-0.39, 0.29) is 5.91 Å². The third-order valence-electron chi connectivity index (χ3n) is 5.17. The van der Waals surface area contributed by atoms with Gasteiger partial charge in [0.2, 0.25) is 0 Å². The molecule has 5 rings (SSSR count). The van der Waals surface area contributed by atoms with Crippen molar-refractivity contribution in [3.63, 3.8) is 0 Å². The fourth-order valence-electron chi connectivity index (χ4n) is 3.71. The zero-order valence-corrected chi connectivity index (χ0v) is 16.7. The number of benzene rings is 1. The predicted octanol–water partition coefficient (Wildman–Crippen LogP) is 3.32. The molecule has 3 aromatic heterocycles. The Labute approximate surface area is 171 Å². The number of carbonyl (C=O) groups is 1. The number of hydrogen-bond donors (Lipinski definition) is 0. The minimum Gasteiger partial charge on any atom is -0.334 e. The molecule has 0 spiro atoms. The van der Waals surface area contributed by atoms with Crippen LogP contribution < -0.4 is 0 Å². The van der Waals surface area contributed by atoms with Gasteiger partial charge >= 0.3 is 0 Å². The van der Waals surface area contributed by atoms with Gasteiger partial charge in [-0.05, 0) is 17.0 Å². The van der Waals surface area contributed by atoms with E-state index in [1.807, 2.05) is 63.8 Å². The van der Waals surface area contributed by atoms with Gasteiger partial charge in [-0.25, -0.2) is 0 Å². The molecule has 7 nitrogen and oxygen atoms in total. The van der Waals surface area contributed by atoms with Crippen molar-refractivity contribution < 1.29 is 9.32 Å². The second-order valence-electron chi connectivity index (χ2n) is 7.06. The molecule has 0 bridgehead atoms. The number of carbonyl (C=O) groups excluding carboxylic acids is 1. The van der Waals surface area contributed by atoms with Gasteiger partial charge in [0.05, 0.1) is 12.1 Å². The first-order valence-electron chi connectivity index (χ1n) is 9.42. The molecular formula is C21H19N5O2S. The SMILES string of the molecule is Cn1nc(-c2nc(Cc3ccccc3)no2)c2c1CCN(C(=O)c1ccsc1)C2. The summed E-state index contributed by atoms with van der Waals surface area (Å²) in [4.78, 5) is 19.2. The molecule has 0 saturated carbocycles. The molecule has 29 heavy (non-hydrogen) atoms. The smallest absolute Gasteiger partial charge is 0.278 e. The summed E-state index contributed by atoms with van der Waals surface area (Å²) in [6.07, 6.45) is 1.35. The van der Waals surface area contributed by atoms with Crippen molar-refractivity contribution in [1.82, 2.24) is 24.8 Å². The minimum atomic E-state index is 0.0435. The van der Waals surface area contributed by atoms with Crippen molar-refractivity contribution in [2.75, 3.05) is 6.54 Å². The molecular weight excluding hydrogens is 386 g/mol. The van der Waals surface area contributed by atoms with E-state index in [0.29, 0.717) is 36.9 Å². The molecule has 146 valence electrons. The van der Waals surface area contributed by atoms with Crippen molar-refractivity contribution in [2.24, 2.45) is 7.05 Å². The van der Waals surface area contributed by atoms with E-state index in [2.05, 4.69) is 15.2 Å². The van der Waals surface area contributed by atoms with Crippen LogP contribution >= 0.6 is 11.3 Å². The number of thiophene rings is 1. The van der Waals surface area contributed by atoms with Crippen LogP contribution in [0.5, 0.6) is 0 Å². The maximum absolute atomic E-state index is 12.8. The normalized spacial score (nSPS) is 13.5. The van der Waals surface area contributed by atoms with Crippen LogP contribution in [0.3, 0.4) is 0 Å². The Balaban J connectivity index is 1.42. The first-order chi connectivity index (χ1) is 14.2. The summed E-state index contributed by atoms with van der Waals surface area (Å²) in [7, 11) is 1.92. The summed E-state index contributed by atoms with van der Waals surface area (Å²) in [5, 5.41) is 12.6. The molecule has 1 aliphatic rings. The number of nitrogens with zero attached hydrogens (tertiary/aromatic N) is 5. The van der Waals surface area contributed by atoms with Crippen molar-refractivity contribution in [1.29, 1.82) is 0 Å². The highest BCUT2D eigenvalue weighted by Crippen LogP contribution is 2.29. The standard InChI is InChI=1S/C21H19N5O2S/c1-25-17-7-9-26(21(27)15-8-10-29-13-15)12-16(17)19(23-25)20-22-18(24-28-20)11-14-5-3-2-4-6-14/h2-6,8,10,13H,7,9,11-12H2,1H3. The first kappa shape index (κ1) is 17.8. The fraction of sp³-hybridized carbons (Fsp3) is 0.238. The second kappa shape index (κ2) is 7.29. The van der Waals surface area contributed by atoms with E-state index in [1.165, 1.54) is 11.3 Å². The highest BCUT2D eigenvalue weighted by atomic mass is 32.1. The first-order valence-corrected chi connectivity index (χ1v) is 10.4. The van der Waals surface area contributed by atoms with Crippen LogP contribution in [0.1, 0.15) is 33.0 Å². The molecule has 4 aromatic rings. The molecule has 0 unspecified atom stereocenters. The van der Waals surface area contributed by atoms with Crippen molar-refractivity contribution in [3.05, 3.63) is 75.4 Å². The number of aromatic nitrogens is 4. The topological polar surface area (TPSA) is 77.1 Å². The van der Waals surface area contributed by atoms with Crippen LogP contribution in [0, 0.1) is 0 Å². The molecule has 0 saturated heterocycles. The molecule has 0 radical (unpaired) electrons. The van der Waals surface area contributed by atoms with Gasteiger partial charge in [-0.1, -0.05) is 35.5 Å². The van der Waals surface area contributed by atoms with Crippen LogP contribution in [0.15, 0.2) is 51.7 Å². The number of rotatable bonds is 4. The van der Waals surface area contributed by atoms with Crippen molar-refractivity contribution >= 4 is 17.2 Å². The highest BCUT2D eigenvalue weighted by molar-refractivity contribution is 7.08. The Bertz CT molecular complexity index is 1150. The summed E-state index contributed by atoms with van der Waals surface area (Å²) >= 11 is 1.53. The maximum Gasteiger partial charge on any atom is 0.278 e. The third kappa shape index (κ3) is 3.36. The van der Waals surface area contributed by atoms with E-state index in [1.54, 1.807) is 0 Å². The number of amides is 1. The van der Waals surface area contributed by atoms with Gasteiger partial charge in [-0.15, -0.1) is 0 Å². The summed E-state index contributed by atoms with van der Waals surface area (Å²) in [6.45, 7) is 1.16. The summed E-state index contributed by atoms with van der Waals surface area (Å²) in [5.41, 5.74) is 4.61. The molecule has 8 heteroatoms. The molecule has 4 heterocycles. The van der Waals surface area contributed by atoms with E-state index < -0.39 is 0 Å². The van der Waals surface area contributed by atoms with E-state index in [4.69, 9.17) is 4.52 Å². The van der Waals surface area contributed by atoms with Gasteiger partial charge in [-0.3, -0.25) is 9.48 Å². The largest absolute Gasteiger partial charge is 0.334 e. The fourth-order valence-corrected chi connectivity index (χ4v) is 4.34. The maximum atomic E-state index is 12.8. The zero-order chi connectivity index (χ0) is 19.8.